The van der Waals surface area contributed by atoms with Crippen LogP contribution in [0.4, 0.5) is 0 Å². The maximum atomic E-state index is 6.96. The molecule has 0 unspecified atom stereocenters. The van der Waals surface area contributed by atoms with E-state index in [2.05, 4.69) is 164 Å². The zero-order chi connectivity index (χ0) is 33.3. The number of ether oxygens (including phenoxy) is 1. The van der Waals surface area contributed by atoms with Gasteiger partial charge in [-0.05, 0) is 40.5 Å². The van der Waals surface area contributed by atoms with Crippen molar-refractivity contribution >= 4 is 0 Å². The molecule has 9 rings (SSSR count). The molecule has 0 atom stereocenters. The number of hydrogen-bond donors (Lipinski definition) is 0. The number of hydrogen-bond acceptors (Lipinski definition) is 3. The predicted molar refractivity (Wildman–Crippen MR) is 202 cm³/mol. The van der Waals surface area contributed by atoms with Gasteiger partial charge in [-0.2, -0.15) is 0 Å². The minimum atomic E-state index is -0.617. The summed E-state index contributed by atoms with van der Waals surface area (Å²) in [5.74, 6) is 2.28. The second-order valence-electron chi connectivity index (χ2n) is 12.5. The molecule has 0 aliphatic carbocycles. The lowest BCUT2D eigenvalue weighted by Crippen LogP contribution is -2.34. The van der Waals surface area contributed by atoms with Gasteiger partial charge in [0.2, 0.25) is 0 Å². The molecule has 7 aromatic carbocycles. The molecule has 1 aliphatic heterocycles. The molecule has 0 N–H and O–H groups in total. The molecule has 0 amide bonds. The number of fused-ring (bicyclic) bond motifs is 2. The standard InChI is InChI=1S/C47H32N2O/c1-5-16-33(17-6-1)34-28-30-35(31-29-34)42-32-43(49-46(48-42)36-18-7-2-8-19-36)39-24-15-26-41-45(39)50-44-27-14-13-25-40(44)47(41,37-20-9-3-10-21-37)38-22-11-4-12-23-38/h1-32H. The molecule has 236 valence electrons. The fourth-order valence-electron chi connectivity index (χ4n) is 7.34. The van der Waals surface area contributed by atoms with E-state index >= 15 is 0 Å². The Morgan fingerprint density at radius 3 is 1.54 bits per heavy atom. The first-order chi connectivity index (χ1) is 24.8. The smallest absolute Gasteiger partial charge is 0.160 e. The van der Waals surface area contributed by atoms with Crippen LogP contribution in [-0.2, 0) is 5.41 Å². The number of para-hydroxylation sites is 2. The highest BCUT2D eigenvalue weighted by molar-refractivity contribution is 5.81. The highest BCUT2D eigenvalue weighted by Gasteiger charge is 2.46. The van der Waals surface area contributed by atoms with Crippen molar-refractivity contribution < 1.29 is 4.74 Å². The number of aromatic nitrogens is 2. The second kappa shape index (κ2) is 12.5. The molecule has 1 aliphatic rings. The Balaban J connectivity index is 1.28. The van der Waals surface area contributed by atoms with E-state index < -0.39 is 5.41 Å². The average Bonchev–Trinajstić information content (AvgIpc) is 3.21. The van der Waals surface area contributed by atoms with Crippen LogP contribution in [0.5, 0.6) is 11.5 Å². The van der Waals surface area contributed by atoms with Crippen molar-refractivity contribution in [3.05, 3.63) is 216 Å². The van der Waals surface area contributed by atoms with Crippen LogP contribution in [0.2, 0.25) is 0 Å². The maximum absolute atomic E-state index is 6.96. The molecular weight excluding hydrogens is 609 g/mol. The fraction of sp³-hybridized carbons (Fsp3) is 0.0213. The molecule has 3 heteroatoms. The van der Waals surface area contributed by atoms with Crippen LogP contribution in [0.15, 0.2) is 194 Å². The van der Waals surface area contributed by atoms with Crippen LogP contribution in [0, 0.1) is 0 Å². The van der Waals surface area contributed by atoms with Gasteiger partial charge in [-0.3, -0.25) is 0 Å². The normalized spacial score (nSPS) is 12.7. The van der Waals surface area contributed by atoms with Gasteiger partial charge < -0.3 is 4.74 Å². The van der Waals surface area contributed by atoms with Crippen molar-refractivity contribution in [2.24, 2.45) is 0 Å². The molecule has 8 aromatic rings. The van der Waals surface area contributed by atoms with Gasteiger partial charge in [-0.25, -0.2) is 9.97 Å². The third kappa shape index (κ3) is 4.99. The van der Waals surface area contributed by atoms with Crippen molar-refractivity contribution in [3.8, 4) is 56.5 Å². The molecule has 0 radical (unpaired) electrons. The Kier molecular flexibility index (Phi) is 7.37. The lowest BCUT2D eigenvalue weighted by Gasteiger charge is -2.42. The van der Waals surface area contributed by atoms with E-state index in [1.807, 2.05) is 30.3 Å². The Bertz CT molecular complexity index is 2390. The Morgan fingerprint density at radius 2 is 0.880 bits per heavy atom. The summed E-state index contributed by atoms with van der Waals surface area (Å²) >= 11 is 0. The zero-order valence-corrected chi connectivity index (χ0v) is 27.3. The fourth-order valence-corrected chi connectivity index (χ4v) is 7.34. The van der Waals surface area contributed by atoms with Gasteiger partial charge in [0.25, 0.3) is 0 Å². The molecule has 1 aromatic heterocycles. The monoisotopic (exact) mass is 640 g/mol. The summed E-state index contributed by atoms with van der Waals surface area (Å²) in [4.78, 5) is 10.4. The highest BCUT2D eigenvalue weighted by Crippen LogP contribution is 2.57. The van der Waals surface area contributed by atoms with E-state index in [9.17, 15) is 0 Å². The molecule has 0 saturated heterocycles. The van der Waals surface area contributed by atoms with Crippen molar-refractivity contribution in [2.75, 3.05) is 0 Å². The number of rotatable bonds is 6. The van der Waals surface area contributed by atoms with Gasteiger partial charge in [-0.1, -0.05) is 176 Å². The van der Waals surface area contributed by atoms with Gasteiger partial charge in [0.1, 0.15) is 11.5 Å². The molecule has 3 nitrogen and oxygen atoms in total. The van der Waals surface area contributed by atoms with Gasteiger partial charge in [0, 0.05) is 27.8 Å². The third-order valence-electron chi connectivity index (χ3n) is 9.66. The van der Waals surface area contributed by atoms with Crippen LogP contribution in [-0.4, -0.2) is 9.97 Å². The Hall–Kier alpha value is -6.58. The molecule has 0 spiro atoms. The SMILES string of the molecule is c1ccc(-c2ccc(-c3cc(-c4cccc5c4Oc4ccccc4C5(c4ccccc4)c4ccccc4)nc(-c4ccccc4)n3)cc2)cc1. The quantitative estimate of drug-likeness (QED) is 0.181. The van der Waals surface area contributed by atoms with E-state index in [0.717, 1.165) is 56.3 Å². The first kappa shape index (κ1) is 29.6. The maximum Gasteiger partial charge on any atom is 0.160 e. The Labute approximate surface area is 292 Å². The van der Waals surface area contributed by atoms with Gasteiger partial charge in [-0.15, -0.1) is 0 Å². The molecule has 0 saturated carbocycles. The molecule has 0 bridgehead atoms. The van der Waals surface area contributed by atoms with Crippen molar-refractivity contribution in [1.29, 1.82) is 0 Å². The lowest BCUT2D eigenvalue weighted by atomic mass is 9.63. The molecule has 50 heavy (non-hydrogen) atoms. The van der Waals surface area contributed by atoms with E-state index in [-0.39, 0.29) is 0 Å². The van der Waals surface area contributed by atoms with Gasteiger partial charge in [0.05, 0.1) is 16.8 Å². The summed E-state index contributed by atoms with van der Waals surface area (Å²) in [7, 11) is 0. The topological polar surface area (TPSA) is 35.0 Å². The first-order valence-corrected chi connectivity index (χ1v) is 16.9. The highest BCUT2D eigenvalue weighted by atomic mass is 16.5. The number of benzene rings is 7. The first-order valence-electron chi connectivity index (χ1n) is 16.9. The van der Waals surface area contributed by atoms with E-state index in [4.69, 9.17) is 14.7 Å². The molecule has 0 fully saturated rings. The minimum absolute atomic E-state index is 0.617. The van der Waals surface area contributed by atoms with E-state index in [0.29, 0.717) is 5.82 Å². The lowest BCUT2D eigenvalue weighted by molar-refractivity contribution is 0.436. The summed E-state index contributed by atoms with van der Waals surface area (Å²) in [5.41, 5.74) is 10.8. The second-order valence-corrected chi connectivity index (χ2v) is 12.5. The summed E-state index contributed by atoms with van der Waals surface area (Å²) in [6.45, 7) is 0. The molecular formula is C47H32N2O. The van der Waals surface area contributed by atoms with Crippen molar-refractivity contribution in [1.82, 2.24) is 9.97 Å². The largest absolute Gasteiger partial charge is 0.456 e. The molecule has 2 heterocycles. The van der Waals surface area contributed by atoms with E-state index in [1.54, 1.807) is 0 Å². The van der Waals surface area contributed by atoms with Crippen LogP contribution in [0.3, 0.4) is 0 Å². The van der Waals surface area contributed by atoms with Crippen LogP contribution in [0.25, 0.3) is 45.0 Å². The van der Waals surface area contributed by atoms with Gasteiger partial charge in [0.15, 0.2) is 5.82 Å². The van der Waals surface area contributed by atoms with Crippen LogP contribution < -0.4 is 4.74 Å². The summed E-state index contributed by atoms with van der Waals surface area (Å²) < 4.78 is 6.96. The average molecular weight is 641 g/mol. The zero-order valence-electron chi connectivity index (χ0n) is 27.3. The summed E-state index contributed by atoms with van der Waals surface area (Å²) in [5, 5.41) is 0. The third-order valence-corrected chi connectivity index (χ3v) is 9.66. The Morgan fingerprint density at radius 1 is 0.380 bits per heavy atom. The van der Waals surface area contributed by atoms with Crippen molar-refractivity contribution in [2.45, 2.75) is 5.41 Å². The van der Waals surface area contributed by atoms with Crippen LogP contribution >= 0.6 is 0 Å². The minimum Gasteiger partial charge on any atom is -0.456 e. The van der Waals surface area contributed by atoms with Gasteiger partial charge >= 0.3 is 0 Å². The summed E-state index contributed by atoms with van der Waals surface area (Å²) in [6, 6.07) is 67.7. The number of nitrogens with zero attached hydrogens (tertiary/aromatic N) is 2. The van der Waals surface area contributed by atoms with E-state index in [1.165, 1.54) is 16.7 Å². The van der Waals surface area contributed by atoms with Crippen LogP contribution in [0.1, 0.15) is 22.3 Å². The van der Waals surface area contributed by atoms with Crippen molar-refractivity contribution in [3.63, 3.8) is 0 Å². The summed E-state index contributed by atoms with van der Waals surface area (Å²) in [6.07, 6.45) is 0. The predicted octanol–water partition coefficient (Wildman–Crippen LogP) is 11.6.